The molecule has 2 atom stereocenters. The van der Waals surface area contributed by atoms with Gasteiger partial charge < -0.3 is 21.1 Å². The van der Waals surface area contributed by atoms with E-state index in [0.29, 0.717) is 0 Å². The number of aromatic carboxylic acids is 1. The predicted molar refractivity (Wildman–Crippen MR) is 55.8 cm³/mol. The molecule has 1 aromatic rings. The van der Waals surface area contributed by atoms with Crippen LogP contribution in [-0.4, -0.2) is 38.9 Å². The molecule has 0 amide bonds. The Bertz CT molecular complexity index is 370. The minimum Gasteiger partial charge on any atom is -0.478 e. The molecule has 2 unspecified atom stereocenters. The minimum absolute atomic E-state index is 0.0310. The quantitative estimate of drug-likeness (QED) is 0.539. The average Bonchev–Trinajstić information content (AvgIpc) is 2.28. The first-order valence-electron chi connectivity index (χ1n) is 4.80. The monoisotopic (exact) mass is 226 g/mol. The van der Waals surface area contributed by atoms with Crippen LogP contribution in [0.4, 0.5) is 0 Å². The smallest absolute Gasteiger partial charge is 0.337 e. The number of hydrogen-bond acceptors (Lipinski definition) is 5. The van der Waals surface area contributed by atoms with Gasteiger partial charge in [-0.25, -0.2) is 4.79 Å². The van der Waals surface area contributed by atoms with Crippen LogP contribution in [-0.2, 0) is 0 Å². The number of aromatic nitrogens is 1. The summed E-state index contributed by atoms with van der Waals surface area (Å²) in [4.78, 5) is 14.4. The molecule has 0 radical (unpaired) electrons. The van der Waals surface area contributed by atoms with Gasteiger partial charge in [-0.2, -0.15) is 0 Å². The first kappa shape index (κ1) is 12.6. The van der Waals surface area contributed by atoms with Gasteiger partial charge in [0.2, 0.25) is 0 Å². The summed E-state index contributed by atoms with van der Waals surface area (Å²) in [6.07, 6.45) is 0.537. The number of aliphatic hydroxyl groups is 2. The van der Waals surface area contributed by atoms with Crippen LogP contribution in [0.1, 0.15) is 28.4 Å². The molecule has 0 saturated heterocycles. The van der Waals surface area contributed by atoms with E-state index >= 15 is 0 Å². The molecule has 5 N–H and O–H groups in total. The van der Waals surface area contributed by atoms with E-state index in [1.54, 1.807) is 0 Å². The topological polar surface area (TPSA) is 117 Å². The fraction of sp³-hybridized carbons (Fsp3) is 0.400. The van der Waals surface area contributed by atoms with Crippen LogP contribution in [0.15, 0.2) is 18.5 Å². The van der Waals surface area contributed by atoms with Gasteiger partial charge in [-0.05, 0) is 19.0 Å². The Kier molecular flexibility index (Phi) is 4.36. The predicted octanol–water partition coefficient (Wildman–Crippen LogP) is -0.477. The molecule has 1 heterocycles. The summed E-state index contributed by atoms with van der Waals surface area (Å²) in [5, 5.41) is 27.9. The van der Waals surface area contributed by atoms with Crippen molar-refractivity contribution >= 4 is 5.97 Å². The highest BCUT2D eigenvalue weighted by Gasteiger charge is 2.19. The SMILES string of the molecule is NCCC(O)C(O)c1cncc(C(=O)O)c1. The number of carbonyl (C=O) groups is 1. The van der Waals surface area contributed by atoms with E-state index in [1.165, 1.54) is 18.5 Å². The molecule has 1 aromatic heterocycles. The number of rotatable bonds is 5. The summed E-state index contributed by atoms with van der Waals surface area (Å²) in [6, 6.07) is 1.28. The Morgan fingerprint density at radius 1 is 1.44 bits per heavy atom. The second-order valence-electron chi connectivity index (χ2n) is 3.40. The molecule has 0 saturated carbocycles. The first-order chi connectivity index (χ1) is 7.56. The standard InChI is InChI=1S/C10H14N2O4/c11-2-1-8(13)9(14)6-3-7(10(15)16)5-12-4-6/h3-5,8-9,13-14H,1-2,11H2,(H,15,16). The van der Waals surface area contributed by atoms with Crippen molar-refractivity contribution < 1.29 is 20.1 Å². The van der Waals surface area contributed by atoms with E-state index in [-0.39, 0.29) is 24.1 Å². The summed E-state index contributed by atoms with van der Waals surface area (Å²) in [5.74, 6) is -1.13. The second-order valence-corrected chi connectivity index (χ2v) is 3.40. The van der Waals surface area contributed by atoms with Crippen LogP contribution in [0.3, 0.4) is 0 Å². The molecule has 0 bridgehead atoms. The van der Waals surface area contributed by atoms with Crippen molar-refractivity contribution in [2.24, 2.45) is 5.73 Å². The lowest BCUT2D eigenvalue weighted by atomic mass is 10.0. The zero-order valence-corrected chi connectivity index (χ0v) is 8.58. The van der Waals surface area contributed by atoms with Crippen LogP contribution in [0.2, 0.25) is 0 Å². The van der Waals surface area contributed by atoms with E-state index in [1.807, 2.05) is 0 Å². The summed E-state index contributed by atoms with van der Waals surface area (Å²) in [5.41, 5.74) is 5.48. The molecule has 6 heteroatoms. The van der Waals surface area contributed by atoms with Crippen LogP contribution in [0.5, 0.6) is 0 Å². The molecule has 0 fully saturated rings. The van der Waals surface area contributed by atoms with Gasteiger partial charge in [-0.1, -0.05) is 0 Å². The fourth-order valence-electron chi connectivity index (χ4n) is 1.29. The molecule has 1 rings (SSSR count). The van der Waals surface area contributed by atoms with Crippen LogP contribution in [0.25, 0.3) is 0 Å². The Morgan fingerprint density at radius 2 is 2.12 bits per heavy atom. The third-order valence-electron chi connectivity index (χ3n) is 2.17. The molecule has 0 spiro atoms. The number of carboxylic acid groups (broad SMARTS) is 1. The number of nitrogens with two attached hydrogens (primary N) is 1. The van der Waals surface area contributed by atoms with Crippen molar-refractivity contribution in [2.45, 2.75) is 18.6 Å². The minimum atomic E-state index is -1.17. The molecule has 16 heavy (non-hydrogen) atoms. The van der Waals surface area contributed by atoms with Crippen molar-refractivity contribution in [3.63, 3.8) is 0 Å². The average molecular weight is 226 g/mol. The van der Waals surface area contributed by atoms with Crippen molar-refractivity contribution in [3.05, 3.63) is 29.6 Å². The van der Waals surface area contributed by atoms with E-state index in [2.05, 4.69) is 4.98 Å². The molecule has 88 valence electrons. The summed E-state index contributed by atoms with van der Waals surface area (Å²) < 4.78 is 0. The summed E-state index contributed by atoms with van der Waals surface area (Å²) in [6.45, 7) is 0.240. The van der Waals surface area contributed by atoms with Crippen molar-refractivity contribution in [2.75, 3.05) is 6.54 Å². The van der Waals surface area contributed by atoms with E-state index in [0.717, 1.165) is 0 Å². The lowest BCUT2D eigenvalue weighted by Crippen LogP contribution is -2.22. The summed E-state index contributed by atoms with van der Waals surface area (Å²) >= 11 is 0. The highest BCUT2D eigenvalue weighted by Crippen LogP contribution is 2.18. The van der Waals surface area contributed by atoms with Gasteiger partial charge in [0.1, 0.15) is 6.10 Å². The van der Waals surface area contributed by atoms with Gasteiger partial charge in [-0.3, -0.25) is 4.98 Å². The zero-order chi connectivity index (χ0) is 12.1. The fourth-order valence-corrected chi connectivity index (χ4v) is 1.29. The van der Waals surface area contributed by atoms with Gasteiger partial charge in [-0.15, -0.1) is 0 Å². The summed E-state index contributed by atoms with van der Waals surface area (Å²) in [7, 11) is 0. The highest BCUT2D eigenvalue weighted by molar-refractivity contribution is 5.87. The number of hydrogen-bond donors (Lipinski definition) is 4. The van der Waals surface area contributed by atoms with Gasteiger partial charge in [0.05, 0.1) is 11.7 Å². The molecular formula is C10H14N2O4. The van der Waals surface area contributed by atoms with Gasteiger partial charge in [0.15, 0.2) is 0 Å². The maximum Gasteiger partial charge on any atom is 0.337 e. The highest BCUT2D eigenvalue weighted by atomic mass is 16.4. The molecular weight excluding hydrogens is 212 g/mol. The Morgan fingerprint density at radius 3 is 2.69 bits per heavy atom. The largest absolute Gasteiger partial charge is 0.478 e. The van der Waals surface area contributed by atoms with E-state index in [9.17, 15) is 15.0 Å². The number of aliphatic hydroxyl groups excluding tert-OH is 2. The third-order valence-corrected chi connectivity index (χ3v) is 2.17. The second kappa shape index (κ2) is 5.55. The number of carboxylic acids is 1. The van der Waals surface area contributed by atoms with E-state index in [4.69, 9.17) is 10.8 Å². The molecule has 6 nitrogen and oxygen atoms in total. The van der Waals surface area contributed by atoms with Gasteiger partial charge >= 0.3 is 5.97 Å². The first-order valence-corrected chi connectivity index (χ1v) is 4.80. The van der Waals surface area contributed by atoms with Crippen LogP contribution >= 0.6 is 0 Å². The Balaban J connectivity index is 2.86. The van der Waals surface area contributed by atoms with Crippen LogP contribution in [0, 0.1) is 0 Å². The molecule has 0 aromatic carbocycles. The zero-order valence-electron chi connectivity index (χ0n) is 8.58. The van der Waals surface area contributed by atoms with Crippen molar-refractivity contribution in [3.8, 4) is 0 Å². The number of pyridine rings is 1. The lowest BCUT2D eigenvalue weighted by Gasteiger charge is -2.17. The Labute approximate surface area is 92.4 Å². The normalized spacial score (nSPS) is 14.4. The van der Waals surface area contributed by atoms with E-state index < -0.39 is 18.2 Å². The lowest BCUT2D eigenvalue weighted by molar-refractivity contribution is 0.0147. The molecule has 0 aliphatic carbocycles. The maximum absolute atomic E-state index is 10.7. The van der Waals surface area contributed by atoms with Gasteiger partial charge in [0, 0.05) is 18.0 Å². The number of nitrogens with zero attached hydrogens (tertiary/aromatic N) is 1. The van der Waals surface area contributed by atoms with Crippen molar-refractivity contribution in [1.29, 1.82) is 0 Å². The van der Waals surface area contributed by atoms with Crippen LogP contribution < -0.4 is 5.73 Å². The molecule has 0 aliphatic heterocycles. The maximum atomic E-state index is 10.7. The Hall–Kier alpha value is -1.50. The third kappa shape index (κ3) is 2.99. The van der Waals surface area contributed by atoms with Crippen molar-refractivity contribution in [1.82, 2.24) is 4.98 Å². The molecule has 0 aliphatic rings. The van der Waals surface area contributed by atoms with Gasteiger partial charge in [0.25, 0.3) is 0 Å².